The predicted molar refractivity (Wildman–Crippen MR) is 108 cm³/mol. The SMILES string of the molecule is CCN(CC)CCNC(=O)Cc1ccc(NS(=O)(=O)c2ccc(F)cc2)cc1. The van der Waals surface area contributed by atoms with Crippen molar-refractivity contribution < 1.29 is 17.6 Å². The zero-order valence-corrected chi connectivity index (χ0v) is 16.9. The number of hydrogen-bond acceptors (Lipinski definition) is 4. The average Bonchev–Trinajstić information content (AvgIpc) is 2.67. The summed E-state index contributed by atoms with van der Waals surface area (Å²) in [4.78, 5) is 14.2. The molecule has 28 heavy (non-hydrogen) atoms. The summed E-state index contributed by atoms with van der Waals surface area (Å²) in [5.74, 6) is -0.578. The van der Waals surface area contributed by atoms with Crippen LogP contribution in [0.4, 0.5) is 10.1 Å². The number of benzene rings is 2. The lowest BCUT2D eigenvalue weighted by Gasteiger charge is -2.17. The number of anilines is 1. The third-order valence-corrected chi connectivity index (χ3v) is 5.74. The van der Waals surface area contributed by atoms with Gasteiger partial charge < -0.3 is 10.2 Å². The first-order valence-electron chi connectivity index (χ1n) is 9.20. The molecular formula is C20H26FN3O3S. The second-order valence-electron chi connectivity index (χ2n) is 6.31. The van der Waals surface area contributed by atoms with Crippen LogP contribution in [0.5, 0.6) is 0 Å². The van der Waals surface area contributed by atoms with Crippen LogP contribution in [-0.2, 0) is 21.2 Å². The normalized spacial score (nSPS) is 11.4. The van der Waals surface area contributed by atoms with Crippen LogP contribution in [0.15, 0.2) is 53.4 Å². The number of hydrogen-bond donors (Lipinski definition) is 2. The maximum Gasteiger partial charge on any atom is 0.261 e. The van der Waals surface area contributed by atoms with Gasteiger partial charge in [-0.1, -0.05) is 26.0 Å². The molecule has 0 radical (unpaired) electrons. The van der Waals surface area contributed by atoms with E-state index in [1.807, 2.05) is 0 Å². The van der Waals surface area contributed by atoms with Crippen LogP contribution in [0.1, 0.15) is 19.4 Å². The van der Waals surface area contributed by atoms with Gasteiger partial charge in [0.2, 0.25) is 5.91 Å². The van der Waals surface area contributed by atoms with Crippen LogP contribution in [0.2, 0.25) is 0 Å². The summed E-state index contributed by atoms with van der Waals surface area (Å²) >= 11 is 0. The summed E-state index contributed by atoms with van der Waals surface area (Å²) in [7, 11) is -3.79. The standard InChI is InChI=1S/C20H26FN3O3S/c1-3-24(4-2)14-13-22-20(25)15-16-5-9-18(10-6-16)23-28(26,27)19-11-7-17(21)8-12-19/h5-12,23H,3-4,13-15H2,1-2H3,(H,22,25). The maximum absolute atomic E-state index is 13.0. The molecule has 8 heteroatoms. The van der Waals surface area contributed by atoms with E-state index >= 15 is 0 Å². The molecule has 0 atom stereocenters. The lowest BCUT2D eigenvalue weighted by molar-refractivity contribution is -0.120. The topological polar surface area (TPSA) is 78.5 Å². The van der Waals surface area contributed by atoms with Crippen LogP contribution in [0, 0.1) is 5.82 Å². The maximum atomic E-state index is 13.0. The van der Waals surface area contributed by atoms with Crippen molar-refractivity contribution in [3.63, 3.8) is 0 Å². The molecular weight excluding hydrogens is 381 g/mol. The Hall–Kier alpha value is -2.45. The van der Waals surface area contributed by atoms with Crippen molar-refractivity contribution in [2.24, 2.45) is 0 Å². The van der Waals surface area contributed by atoms with Crippen LogP contribution in [0.3, 0.4) is 0 Å². The van der Waals surface area contributed by atoms with Gasteiger partial charge in [-0.25, -0.2) is 12.8 Å². The van der Waals surface area contributed by atoms with E-state index in [-0.39, 0.29) is 17.2 Å². The van der Waals surface area contributed by atoms with Gasteiger partial charge in [-0.05, 0) is 55.1 Å². The second-order valence-corrected chi connectivity index (χ2v) is 7.99. The minimum Gasteiger partial charge on any atom is -0.355 e. The van der Waals surface area contributed by atoms with E-state index in [9.17, 15) is 17.6 Å². The molecule has 0 fully saturated rings. The highest BCUT2D eigenvalue weighted by atomic mass is 32.2. The molecule has 0 unspecified atom stereocenters. The Kier molecular flexibility index (Phi) is 7.95. The van der Waals surface area contributed by atoms with E-state index in [2.05, 4.69) is 28.8 Å². The van der Waals surface area contributed by atoms with Gasteiger partial charge in [-0.2, -0.15) is 0 Å². The molecule has 0 bridgehead atoms. The van der Waals surface area contributed by atoms with Crippen LogP contribution in [0.25, 0.3) is 0 Å². The summed E-state index contributed by atoms with van der Waals surface area (Å²) < 4.78 is 40.0. The van der Waals surface area contributed by atoms with Crippen LogP contribution >= 0.6 is 0 Å². The minimum absolute atomic E-state index is 0.0226. The Morgan fingerprint density at radius 1 is 1.00 bits per heavy atom. The molecule has 0 saturated heterocycles. The third kappa shape index (κ3) is 6.61. The Bertz CT molecular complexity index is 865. The van der Waals surface area contributed by atoms with Gasteiger partial charge in [0.25, 0.3) is 10.0 Å². The van der Waals surface area contributed by atoms with Crippen molar-refractivity contribution in [2.45, 2.75) is 25.2 Å². The van der Waals surface area contributed by atoms with Gasteiger partial charge in [0.1, 0.15) is 5.82 Å². The van der Waals surface area contributed by atoms with Gasteiger partial charge in [-0.15, -0.1) is 0 Å². The molecule has 2 rings (SSSR count). The van der Waals surface area contributed by atoms with Gasteiger partial charge in [0.05, 0.1) is 11.3 Å². The first-order chi connectivity index (χ1) is 13.3. The number of sulfonamides is 1. The van der Waals surface area contributed by atoms with Gasteiger partial charge in [-0.3, -0.25) is 9.52 Å². The molecule has 2 aromatic rings. The Balaban J connectivity index is 1.89. The predicted octanol–water partition coefficient (Wildman–Crippen LogP) is 2.63. The highest BCUT2D eigenvalue weighted by Gasteiger charge is 2.14. The number of halogens is 1. The summed E-state index contributed by atoms with van der Waals surface area (Å²) in [5.41, 5.74) is 1.15. The summed E-state index contributed by atoms with van der Waals surface area (Å²) in [6.45, 7) is 7.45. The summed E-state index contributed by atoms with van der Waals surface area (Å²) in [6, 6.07) is 11.2. The monoisotopic (exact) mass is 407 g/mol. The number of carbonyl (C=O) groups excluding carboxylic acids is 1. The quantitative estimate of drug-likeness (QED) is 0.635. The largest absolute Gasteiger partial charge is 0.355 e. The zero-order chi connectivity index (χ0) is 20.6. The lowest BCUT2D eigenvalue weighted by atomic mass is 10.1. The van der Waals surface area contributed by atoms with Crippen molar-refractivity contribution in [1.29, 1.82) is 0 Å². The Labute approximate surface area is 165 Å². The lowest BCUT2D eigenvalue weighted by Crippen LogP contribution is -2.35. The Morgan fingerprint density at radius 2 is 1.61 bits per heavy atom. The van der Waals surface area contributed by atoms with Crippen molar-refractivity contribution >= 4 is 21.6 Å². The molecule has 0 aliphatic rings. The zero-order valence-electron chi connectivity index (χ0n) is 16.1. The van der Waals surface area contributed by atoms with Gasteiger partial charge in [0, 0.05) is 18.8 Å². The fourth-order valence-electron chi connectivity index (χ4n) is 2.66. The highest BCUT2D eigenvalue weighted by molar-refractivity contribution is 7.92. The molecule has 152 valence electrons. The van der Waals surface area contributed by atoms with Crippen molar-refractivity contribution in [3.05, 3.63) is 59.9 Å². The highest BCUT2D eigenvalue weighted by Crippen LogP contribution is 2.17. The fourth-order valence-corrected chi connectivity index (χ4v) is 3.72. The number of carbonyl (C=O) groups is 1. The molecule has 0 aliphatic carbocycles. The molecule has 0 spiro atoms. The van der Waals surface area contributed by atoms with Crippen molar-refractivity contribution in [3.8, 4) is 0 Å². The van der Waals surface area contributed by atoms with Gasteiger partial charge in [0.15, 0.2) is 0 Å². The first kappa shape index (κ1) is 21.8. The average molecular weight is 408 g/mol. The fraction of sp³-hybridized carbons (Fsp3) is 0.350. The van der Waals surface area contributed by atoms with Crippen LogP contribution in [-0.4, -0.2) is 45.4 Å². The van der Waals surface area contributed by atoms with E-state index in [0.29, 0.717) is 12.2 Å². The van der Waals surface area contributed by atoms with Crippen molar-refractivity contribution in [2.75, 3.05) is 30.9 Å². The smallest absolute Gasteiger partial charge is 0.261 e. The molecule has 0 aromatic heterocycles. The molecule has 0 heterocycles. The minimum atomic E-state index is -3.79. The third-order valence-electron chi connectivity index (χ3n) is 4.34. The van der Waals surface area contributed by atoms with E-state index in [1.165, 1.54) is 12.1 Å². The van der Waals surface area contributed by atoms with E-state index < -0.39 is 15.8 Å². The number of likely N-dealkylation sites (N-methyl/N-ethyl adjacent to an activating group) is 1. The van der Waals surface area contributed by atoms with Crippen LogP contribution < -0.4 is 10.0 Å². The first-order valence-corrected chi connectivity index (χ1v) is 10.7. The van der Waals surface area contributed by atoms with E-state index in [0.717, 1.165) is 37.3 Å². The molecule has 0 saturated carbocycles. The number of amides is 1. The summed E-state index contributed by atoms with van der Waals surface area (Å²) in [5, 5.41) is 2.89. The van der Waals surface area contributed by atoms with Crippen molar-refractivity contribution in [1.82, 2.24) is 10.2 Å². The van der Waals surface area contributed by atoms with Gasteiger partial charge >= 0.3 is 0 Å². The number of nitrogens with zero attached hydrogens (tertiary/aromatic N) is 1. The molecule has 0 aliphatic heterocycles. The van der Waals surface area contributed by atoms with E-state index in [1.54, 1.807) is 24.3 Å². The molecule has 6 nitrogen and oxygen atoms in total. The molecule has 1 amide bonds. The molecule has 2 aromatic carbocycles. The second kappa shape index (κ2) is 10.2. The summed E-state index contributed by atoms with van der Waals surface area (Å²) in [6.07, 6.45) is 0.225. The Morgan fingerprint density at radius 3 is 2.18 bits per heavy atom. The number of nitrogens with one attached hydrogen (secondary N) is 2. The number of rotatable bonds is 10. The van der Waals surface area contributed by atoms with E-state index in [4.69, 9.17) is 0 Å². The molecule has 2 N–H and O–H groups in total.